The van der Waals surface area contributed by atoms with E-state index in [4.69, 9.17) is 15.3 Å². The maximum absolute atomic E-state index is 5.25. The van der Waals surface area contributed by atoms with Gasteiger partial charge in [-0.25, -0.2) is 0 Å². The fourth-order valence-corrected chi connectivity index (χ4v) is 1.11. The van der Waals surface area contributed by atoms with Gasteiger partial charge < -0.3 is 8.85 Å². The van der Waals surface area contributed by atoms with E-state index >= 15 is 0 Å². The van der Waals surface area contributed by atoms with Crippen LogP contribution in [0, 0.1) is 12.3 Å². The molecule has 2 nitrogen and oxygen atoms in total. The van der Waals surface area contributed by atoms with Crippen LogP contribution in [0.1, 0.15) is 5.56 Å². The molecule has 3 heteroatoms. The largest absolute Gasteiger partial charge is 0.520 e. The Morgan fingerprint density at radius 1 is 1.42 bits per heavy atom. The quantitative estimate of drug-likeness (QED) is 0.509. The summed E-state index contributed by atoms with van der Waals surface area (Å²) in [6.45, 7) is 0. The molecule has 0 bridgehead atoms. The number of hydrogen-bond donors (Lipinski definition) is 0. The average Bonchev–Trinajstić information content (AvgIpc) is 2.15. The topological polar surface area (TPSA) is 18.5 Å². The first-order chi connectivity index (χ1) is 5.88. The molecule has 0 amide bonds. The van der Waals surface area contributed by atoms with Crippen molar-refractivity contribution in [2.24, 2.45) is 0 Å². The molecule has 0 unspecified atom stereocenters. The summed E-state index contributed by atoms with van der Waals surface area (Å²) < 4.78 is 10.0. The summed E-state index contributed by atoms with van der Waals surface area (Å²) in [6.07, 6.45) is 5.25. The maximum Gasteiger partial charge on any atom is 0.520 e. The van der Waals surface area contributed by atoms with Crippen LogP contribution in [0.4, 0.5) is 0 Å². The van der Waals surface area contributed by atoms with Gasteiger partial charge in [-0.3, -0.25) is 0 Å². The molecule has 0 aliphatic heterocycles. The van der Waals surface area contributed by atoms with Gasteiger partial charge in [0.2, 0.25) is 0 Å². The van der Waals surface area contributed by atoms with E-state index in [2.05, 4.69) is 5.92 Å². The normalized spacial score (nSPS) is 9.00. The van der Waals surface area contributed by atoms with Gasteiger partial charge in [0.1, 0.15) is 5.75 Å². The molecular formula is C9H8O2Si. The highest BCUT2D eigenvalue weighted by Gasteiger charge is 1.99. The van der Waals surface area contributed by atoms with Crippen molar-refractivity contribution < 1.29 is 8.85 Å². The predicted molar refractivity (Wildman–Crippen MR) is 47.8 cm³/mol. The van der Waals surface area contributed by atoms with E-state index < -0.39 is 0 Å². The lowest BCUT2D eigenvalue weighted by atomic mass is 10.2. The van der Waals surface area contributed by atoms with Crippen molar-refractivity contribution in [2.75, 3.05) is 7.11 Å². The molecule has 0 N–H and O–H groups in total. The molecule has 0 saturated carbocycles. The van der Waals surface area contributed by atoms with Gasteiger partial charge in [-0.15, -0.1) is 6.42 Å². The summed E-state index contributed by atoms with van der Waals surface area (Å²) in [5.41, 5.74) is 0.752. The zero-order valence-electron chi connectivity index (χ0n) is 6.70. The highest BCUT2D eigenvalue weighted by Crippen LogP contribution is 2.15. The summed E-state index contributed by atoms with van der Waals surface area (Å²) >= 11 is 0. The summed E-state index contributed by atoms with van der Waals surface area (Å²) in [4.78, 5) is 0. The van der Waals surface area contributed by atoms with Crippen molar-refractivity contribution in [1.29, 1.82) is 0 Å². The first-order valence-corrected chi connectivity index (χ1v) is 4.20. The minimum Gasteiger partial charge on any atom is -0.516 e. The van der Waals surface area contributed by atoms with Crippen LogP contribution in [0.5, 0.6) is 5.75 Å². The lowest BCUT2D eigenvalue weighted by Crippen LogP contribution is -2.05. The molecule has 2 radical (unpaired) electrons. The standard InChI is InChI=1S/C9H8O2Si/c1-3-8-6-4-5-7-9(8)11-12-10-2/h1,4-7H,2H3. The van der Waals surface area contributed by atoms with Gasteiger partial charge in [-0.1, -0.05) is 18.1 Å². The minimum absolute atomic E-state index is 0.00383. The summed E-state index contributed by atoms with van der Waals surface area (Å²) in [6, 6.07) is 7.39. The molecule has 0 heterocycles. The monoisotopic (exact) mass is 176 g/mol. The lowest BCUT2D eigenvalue weighted by molar-refractivity contribution is 0.365. The van der Waals surface area contributed by atoms with Gasteiger partial charge in [-0.2, -0.15) is 0 Å². The number of para-hydroxylation sites is 1. The molecule has 0 spiro atoms. The summed E-state index contributed by atoms with van der Waals surface area (Å²) in [5.74, 6) is 3.22. The molecule has 1 rings (SSSR count). The van der Waals surface area contributed by atoms with Crippen LogP contribution in [0.25, 0.3) is 0 Å². The zero-order chi connectivity index (χ0) is 8.81. The second-order valence-corrected chi connectivity index (χ2v) is 2.81. The van der Waals surface area contributed by atoms with Crippen LogP contribution < -0.4 is 4.43 Å². The van der Waals surface area contributed by atoms with E-state index in [1.807, 2.05) is 24.3 Å². The number of hydrogen-bond acceptors (Lipinski definition) is 2. The second-order valence-electron chi connectivity index (χ2n) is 2.03. The van der Waals surface area contributed by atoms with E-state index in [9.17, 15) is 0 Å². The third-order valence-corrected chi connectivity index (χ3v) is 1.75. The van der Waals surface area contributed by atoms with Gasteiger partial charge in [0.25, 0.3) is 0 Å². The van der Waals surface area contributed by atoms with Crippen LogP contribution in [0.2, 0.25) is 0 Å². The average molecular weight is 176 g/mol. The smallest absolute Gasteiger partial charge is 0.516 e. The van der Waals surface area contributed by atoms with Crippen molar-refractivity contribution in [2.45, 2.75) is 0 Å². The van der Waals surface area contributed by atoms with Gasteiger partial charge in [0.05, 0.1) is 5.56 Å². The van der Waals surface area contributed by atoms with E-state index in [1.54, 1.807) is 7.11 Å². The summed E-state index contributed by atoms with van der Waals surface area (Å²) in [5, 5.41) is 0. The molecule has 0 aliphatic rings. The Bertz CT molecular complexity index is 291. The fourth-order valence-electron chi connectivity index (χ4n) is 0.761. The SMILES string of the molecule is C#Cc1ccccc1O[Si]OC. The number of terminal acetylenes is 1. The Kier molecular flexibility index (Phi) is 3.39. The van der Waals surface area contributed by atoms with E-state index in [0.717, 1.165) is 5.56 Å². The Labute approximate surface area is 74.6 Å². The third-order valence-electron chi connectivity index (χ3n) is 1.28. The van der Waals surface area contributed by atoms with E-state index in [-0.39, 0.29) is 10.0 Å². The van der Waals surface area contributed by atoms with Gasteiger partial charge in [-0.05, 0) is 12.1 Å². The van der Waals surface area contributed by atoms with Crippen LogP contribution in [0.3, 0.4) is 0 Å². The molecule has 0 aliphatic carbocycles. The zero-order valence-corrected chi connectivity index (χ0v) is 7.70. The highest BCUT2D eigenvalue weighted by atomic mass is 28.3. The molecule has 0 aromatic heterocycles. The van der Waals surface area contributed by atoms with Crippen molar-refractivity contribution in [1.82, 2.24) is 0 Å². The van der Waals surface area contributed by atoms with Crippen LogP contribution in [-0.4, -0.2) is 17.1 Å². The van der Waals surface area contributed by atoms with Crippen molar-refractivity contribution in [3.8, 4) is 18.1 Å². The molecular weight excluding hydrogens is 168 g/mol. The molecule has 0 atom stereocenters. The van der Waals surface area contributed by atoms with Gasteiger partial charge >= 0.3 is 10.0 Å². The second kappa shape index (κ2) is 4.60. The molecule has 12 heavy (non-hydrogen) atoms. The Morgan fingerprint density at radius 3 is 2.83 bits per heavy atom. The molecule has 1 aromatic carbocycles. The van der Waals surface area contributed by atoms with Crippen molar-refractivity contribution >= 4 is 10.0 Å². The van der Waals surface area contributed by atoms with Gasteiger partial charge in [0, 0.05) is 7.11 Å². The minimum atomic E-state index is -0.00383. The predicted octanol–water partition coefficient (Wildman–Crippen LogP) is 1.23. The molecule has 0 fully saturated rings. The Morgan fingerprint density at radius 2 is 2.17 bits per heavy atom. The first-order valence-electron chi connectivity index (χ1n) is 3.39. The molecule has 0 saturated heterocycles. The van der Waals surface area contributed by atoms with E-state index in [1.165, 1.54) is 0 Å². The Balaban J connectivity index is 2.77. The maximum atomic E-state index is 5.25. The van der Waals surface area contributed by atoms with E-state index in [0.29, 0.717) is 5.75 Å². The summed E-state index contributed by atoms with van der Waals surface area (Å²) in [7, 11) is 1.58. The van der Waals surface area contributed by atoms with Crippen LogP contribution in [-0.2, 0) is 4.43 Å². The van der Waals surface area contributed by atoms with Crippen molar-refractivity contribution in [3.63, 3.8) is 0 Å². The van der Waals surface area contributed by atoms with Crippen LogP contribution in [0.15, 0.2) is 24.3 Å². The number of rotatable bonds is 3. The third kappa shape index (κ3) is 2.12. The highest BCUT2D eigenvalue weighted by molar-refractivity contribution is 6.19. The Hall–Kier alpha value is -1.24. The van der Waals surface area contributed by atoms with Crippen molar-refractivity contribution in [3.05, 3.63) is 29.8 Å². The molecule has 60 valence electrons. The fraction of sp³-hybridized carbons (Fsp3) is 0.111. The first kappa shape index (κ1) is 8.85. The van der Waals surface area contributed by atoms with Gasteiger partial charge in [0.15, 0.2) is 0 Å². The van der Waals surface area contributed by atoms with Crippen LogP contribution >= 0.6 is 0 Å². The molecule has 1 aromatic rings. The number of benzene rings is 1. The lowest BCUT2D eigenvalue weighted by Gasteiger charge is -2.03.